The Balaban J connectivity index is 1.43. The van der Waals surface area contributed by atoms with Gasteiger partial charge in [-0.25, -0.2) is 0 Å². The normalized spacial score (nSPS) is 18.5. The SMILES string of the molecule is CC(=O)c1ccccc1NC(=O)CN1CCN(CC(=O)N2CCCC2)CC1. The Morgan fingerprint density at radius 1 is 0.889 bits per heavy atom. The van der Waals surface area contributed by atoms with Crippen molar-refractivity contribution in [3.05, 3.63) is 29.8 Å². The summed E-state index contributed by atoms with van der Waals surface area (Å²) in [7, 11) is 0. The van der Waals surface area contributed by atoms with Gasteiger partial charge in [0, 0.05) is 44.8 Å². The van der Waals surface area contributed by atoms with Gasteiger partial charge < -0.3 is 10.2 Å². The number of hydrogen-bond acceptors (Lipinski definition) is 5. The third-order valence-electron chi connectivity index (χ3n) is 5.23. The molecule has 0 unspecified atom stereocenters. The predicted octanol–water partition coefficient (Wildman–Crippen LogP) is 1.07. The highest BCUT2D eigenvalue weighted by molar-refractivity contribution is 6.04. The summed E-state index contributed by atoms with van der Waals surface area (Å²) in [6, 6.07) is 7.05. The fourth-order valence-corrected chi connectivity index (χ4v) is 3.66. The average molecular weight is 372 g/mol. The van der Waals surface area contributed by atoms with Crippen LogP contribution in [0.25, 0.3) is 0 Å². The Labute approximate surface area is 160 Å². The Morgan fingerprint density at radius 3 is 2.11 bits per heavy atom. The third-order valence-corrected chi connectivity index (χ3v) is 5.23. The summed E-state index contributed by atoms with van der Waals surface area (Å²) in [5.74, 6) is 0.0343. The van der Waals surface area contributed by atoms with Crippen molar-refractivity contribution in [1.29, 1.82) is 0 Å². The van der Waals surface area contributed by atoms with E-state index in [0.29, 0.717) is 24.3 Å². The van der Waals surface area contributed by atoms with Gasteiger partial charge in [0.1, 0.15) is 0 Å². The fraction of sp³-hybridized carbons (Fsp3) is 0.550. The third kappa shape index (κ3) is 5.37. The monoisotopic (exact) mass is 372 g/mol. The summed E-state index contributed by atoms with van der Waals surface area (Å²) < 4.78 is 0. The molecule has 0 aromatic heterocycles. The number of likely N-dealkylation sites (tertiary alicyclic amines) is 1. The number of Topliss-reactive ketones (excluding diaryl/α,β-unsaturated/α-hetero) is 1. The molecule has 0 radical (unpaired) electrons. The van der Waals surface area contributed by atoms with Crippen LogP contribution in [0.4, 0.5) is 5.69 Å². The minimum atomic E-state index is -0.120. The van der Waals surface area contributed by atoms with Crippen molar-refractivity contribution in [2.24, 2.45) is 0 Å². The molecule has 2 aliphatic rings. The number of amides is 2. The van der Waals surface area contributed by atoms with Crippen LogP contribution in [-0.4, -0.2) is 84.7 Å². The van der Waals surface area contributed by atoms with E-state index in [-0.39, 0.29) is 17.6 Å². The minimum absolute atomic E-state index is 0.0674. The Morgan fingerprint density at radius 2 is 1.48 bits per heavy atom. The van der Waals surface area contributed by atoms with Crippen LogP contribution in [0, 0.1) is 0 Å². The molecule has 1 aromatic rings. The van der Waals surface area contributed by atoms with Crippen molar-refractivity contribution < 1.29 is 14.4 Å². The summed E-state index contributed by atoms with van der Waals surface area (Å²) in [4.78, 5) is 42.5. The number of nitrogens with one attached hydrogen (secondary N) is 1. The van der Waals surface area contributed by atoms with Gasteiger partial charge in [-0.05, 0) is 31.9 Å². The van der Waals surface area contributed by atoms with Crippen molar-refractivity contribution in [2.45, 2.75) is 19.8 Å². The maximum absolute atomic E-state index is 12.4. The van der Waals surface area contributed by atoms with E-state index in [9.17, 15) is 14.4 Å². The quantitative estimate of drug-likeness (QED) is 0.756. The molecule has 2 aliphatic heterocycles. The lowest BCUT2D eigenvalue weighted by Crippen LogP contribution is -2.51. The van der Waals surface area contributed by atoms with Crippen LogP contribution in [-0.2, 0) is 9.59 Å². The predicted molar refractivity (Wildman–Crippen MR) is 104 cm³/mol. The van der Waals surface area contributed by atoms with Gasteiger partial charge in [-0.2, -0.15) is 0 Å². The minimum Gasteiger partial charge on any atom is -0.342 e. The molecular weight excluding hydrogens is 344 g/mol. The molecule has 146 valence electrons. The van der Waals surface area contributed by atoms with Crippen LogP contribution < -0.4 is 5.32 Å². The summed E-state index contributed by atoms with van der Waals surface area (Å²) in [6.45, 7) is 7.14. The lowest BCUT2D eigenvalue weighted by atomic mass is 10.1. The number of nitrogens with zero attached hydrogens (tertiary/aromatic N) is 3. The summed E-state index contributed by atoms with van der Waals surface area (Å²) >= 11 is 0. The van der Waals surface area contributed by atoms with E-state index in [1.54, 1.807) is 24.3 Å². The highest BCUT2D eigenvalue weighted by Crippen LogP contribution is 2.15. The second-order valence-corrected chi connectivity index (χ2v) is 7.29. The maximum atomic E-state index is 12.4. The fourth-order valence-electron chi connectivity index (χ4n) is 3.66. The van der Waals surface area contributed by atoms with Gasteiger partial charge in [0.15, 0.2) is 5.78 Å². The van der Waals surface area contributed by atoms with E-state index in [1.807, 2.05) is 4.90 Å². The van der Waals surface area contributed by atoms with Crippen molar-refractivity contribution in [3.63, 3.8) is 0 Å². The molecule has 1 N–H and O–H groups in total. The number of carbonyl (C=O) groups excluding carboxylic acids is 3. The standard InChI is InChI=1S/C20H28N4O3/c1-16(25)17-6-2-3-7-18(17)21-19(26)14-22-10-12-23(13-11-22)15-20(27)24-8-4-5-9-24/h2-3,6-7H,4-5,8-15H2,1H3,(H,21,26). The molecule has 27 heavy (non-hydrogen) atoms. The number of para-hydroxylation sites is 1. The topological polar surface area (TPSA) is 73.0 Å². The van der Waals surface area contributed by atoms with Crippen molar-refractivity contribution in [3.8, 4) is 0 Å². The van der Waals surface area contributed by atoms with Crippen LogP contribution in [0.15, 0.2) is 24.3 Å². The van der Waals surface area contributed by atoms with Crippen LogP contribution in [0.1, 0.15) is 30.1 Å². The zero-order chi connectivity index (χ0) is 19.2. The number of carbonyl (C=O) groups is 3. The Bertz CT molecular complexity index is 692. The van der Waals surface area contributed by atoms with Crippen LogP contribution in [0.3, 0.4) is 0 Å². The first-order valence-corrected chi connectivity index (χ1v) is 9.65. The van der Waals surface area contributed by atoms with Gasteiger partial charge in [-0.3, -0.25) is 24.2 Å². The molecule has 2 heterocycles. The maximum Gasteiger partial charge on any atom is 0.238 e. The first-order chi connectivity index (χ1) is 13.0. The molecule has 2 saturated heterocycles. The highest BCUT2D eigenvalue weighted by atomic mass is 16.2. The van der Waals surface area contributed by atoms with Crippen LogP contribution >= 0.6 is 0 Å². The van der Waals surface area contributed by atoms with Crippen molar-refractivity contribution >= 4 is 23.3 Å². The van der Waals surface area contributed by atoms with Crippen LogP contribution in [0.5, 0.6) is 0 Å². The van der Waals surface area contributed by atoms with Gasteiger partial charge in [0.25, 0.3) is 0 Å². The zero-order valence-corrected chi connectivity index (χ0v) is 15.9. The number of anilines is 1. The van der Waals surface area contributed by atoms with Crippen molar-refractivity contribution in [1.82, 2.24) is 14.7 Å². The number of hydrogen-bond donors (Lipinski definition) is 1. The molecule has 0 saturated carbocycles. The second kappa shape index (κ2) is 9.10. The number of ketones is 1. The highest BCUT2D eigenvalue weighted by Gasteiger charge is 2.24. The lowest BCUT2D eigenvalue weighted by Gasteiger charge is -2.34. The zero-order valence-electron chi connectivity index (χ0n) is 15.9. The van der Waals surface area contributed by atoms with Gasteiger partial charge in [-0.1, -0.05) is 12.1 Å². The Hall–Kier alpha value is -2.25. The van der Waals surface area contributed by atoms with E-state index >= 15 is 0 Å². The molecule has 0 aliphatic carbocycles. The second-order valence-electron chi connectivity index (χ2n) is 7.29. The molecule has 7 nitrogen and oxygen atoms in total. The summed E-state index contributed by atoms with van der Waals surface area (Å²) in [5, 5.41) is 2.84. The molecule has 7 heteroatoms. The molecule has 0 spiro atoms. The van der Waals surface area contributed by atoms with Gasteiger partial charge in [0.2, 0.25) is 11.8 Å². The van der Waals surface area contributed by atoms with E-state index < -0.39 is 0 Å². The van der Waals surface area contributed by atoms with Crippen molar-refractivity contribution in [2.75, 3.05) is 57.7 Å². The molecule has 0 bridgehead atoms. The lowest BCUT2D eigenvalue weighted by molar-refractivity contribution is -0.132. The first kappa shape index (κ1) is 19.5. The molecule has 1 aromatic carbocycles. The molecule has 0 atom stereocenters. The summed E-state index contributed by atoms with van der Waals surface area (Å²) in [5.41, 5.74) is 1.08. The van der Waals surface area contributed by atoms with E-state index in [1.165, 1.54) is 6.92 Å². The number of benzene rings is 1. The largest absolute Gasteiger partial charge is 0.342 e. The smallest absolute Gasteiger partial charge is 0.238 e. The molecule has 2 amide bonds. The van der Waals surface area contributed by atoms with E-state index in [2.05, 4.69) is 15.1 Å². The van der Waals surface area contributed by atoms with Crippen LogP contribution in [0.2, 0.25) is 0 Å². The number of piperazine rings is 1. The molecule has 2 fully saturated rings. The van der Waals surface area contributed by atoms with Gasteiger partial charge in [-0.15, -0.1) is 0 Å². The average Bonchev–Trinajstić information content (AvgIpc) is 3.18. The molecule has 3 rings (SSSR count). The number of rotatable bonds is 6. The van der Waals surface area contributed by atoms with E-state index in [0.717, 1.165) is 52.1 Å². The van der Waals surface area contributed by atoms with Gasteiger partial charge >= 0.3 is 0 Å². The summed E-state index contributed by atoms with van der Waals surface area (Å²) in [6.07, 6.45) is 2.22. The Kier molecular flexibility index (Phi) is 6.58. The first-order valence-electron chi connectivity index (χ1n) is 9.65. The van der Waals surface area contributed by atoms with E-state index in [4.69, 9.17) is 0 Å². The van der Waals surface area contributed by atoms with Gasteiger partial charge in [0.05, 0.1) is 18.8 Å². The molecular formula is C20H28N4O3.